The monoisotopic (exact) mass is 344 g/mol. The maximum absolute atomic E-state index is 10.1. The van der Waals surface area contributed by atoms with E-state index in [0.717, 1.165) is 10.9 Å². The molecular weight excluding hydrogens is 328 g/mol. The lowest BCUT2D eigenvalue weighted by atomic mass is 10.1. The fraction of sp³-hybridized carbons (Fsp3) is 0.467. The van der Waals surface area contributed by atoms with Gasteiger partial charge in [-0.3, -0.25) is 0 Å². The zero-order chi connectivity index (χ0) is 14.3. The molecule has 0 radical (unpaired) electrons. The largest absolute Gasteiger partial charge is 0.489 e. The van der Waals surface area contributed by atoms with Crippen LogP contribution < -0.4 is 0 Å². The van der Waals surface area contributed by atoms with Gasteiger partial charge in [-0.1, -0.05) is 47.0 Å². The van der Waals surface area contributed by atoms with Crippen molar-refractivity contribution >= 4 is 27.5 Å². The highest BCUT2D eigenvalue weighted by Crippen LogP contribution is 2.28. The van der Waals surface area contributed by atoms with E-state index in [1.165, 1.54) is 0 Å². The van der Waals surface area contributed by atoms with E-state index in [0.29, 0.717) is 18.6 Å². The van der Waals surface area contributed by atoms with Crippen LogP contribution in [0.25, 0.3) is 0 Å². The molecule has 3 atom stereocenters. The molecule has 2 nitrogen and oxygen atoms in total. The van der Waals surface area contributed by atoms with Gasteiger partial charge in [-0.25, -0.2) is 0 Å². The van der Waals surface area contributed by atoms with Crippen molar-refractivity contribution in [3.05, 3.63) is 34.5 Å². The third-order valence-electron chi connectivity index (χ3n) is 2.79. The number of aliphatic hydroxyl groups excluding tert-OH is 1. The second-order valence-corrected chi connectivity index (χ2v) is 5.73. The quantitative estimate of drug-likeness (QED) is 0.477. The average molecular weight is 346 g/mol. The Morgan fingerprint density at radius 2 is 2.47 bits per heavy atom. The van der Waals surface area contributed by atoms with E-state index < -0.39 is 6.10 Å². The van der Waals surface area contributed by atoms with Gasteiger partial charge >= 0.3 is 0 Å². The number of aliphatic hydroxyl groups is 1. The molecule has 1 aliphatic rings. The first-order chi connectivity index (χ1) is 9.10. The van der Waals surface area contributed by atoms with Crippen molar-refractivity contribution < 1.29 is 9.84 Å². The van der Waals surface area contributed by atoms with E-state index in [4.69, 9.17) is 22.8 Å². The molecule has 0 aromatic heterocycles. The number of rotatable bonds is 3. The molecule has 0 aliphatic carbocycles. The van der Waals surface area contributed by atoms with Crippen LogP contribution in [0, 0.1) is 12.3 Å². The number of ether oxygens (including phenoxy) is 1. The van der Waals surface area contributed by atoms with E-state index in [1.54, 1.807) is 12.2 Å². The molecule has 0 spiro atoms. The molecule has 104 valence electrons. The minimum atomic E-state index is -0.738. The summed E-state index contributed by atoms with van der Waals surface area (Å²) in [6.07, 6.45) is 13.3. The molecule has 4 heteroatoms. The highest BCUT2D eigenvalue weighted by molar-refractivity contribution is 9.11. The summed E-state index contributed by atoms with van der Waals surface area (Å²) in [7, 11) is 0. The van der Waals surface area contributed by atoms with Crippen molar-refractivity contribution in [1.29, 1.82) is 0 Å². The van der Waals surface area contributed by atoms with E-state index in [9.17, 15) is 5.11 Å². The zero-order valence-corrected chi connectivity index (χ0v) is 13.2. The van der Waals surface area contributed by atoms with Crippen LogP contribution >= 0.6 is 27.5 Å². The predicted octanol–water partition coefficient (Wildman–Crippen LogP) is 3.90. The smallest absolute Gasteiger partial charge is 0.139 e. The first-order valence-electron chi connectivity index (χ1n) is 6.25. The molecular formula is C15H18BrClO2. The van der Waals surface area contributed by atoms with Crippen molar-refractivity contribution in [2.45, 2.75) is 43.8 Å². The van der Waals surface area contributed by atoms with Gasteiger partial charge in [-0.05, 0) is 18.9 Å². The summed E-state index contributed by atoms with van der Waals surface area (Å²) in [4.78, 5) is 0. The van der Waals surface area contributed by atoms with Gasteiger partial charge in [-0.2, -0.15) is 0 Å². The molecule has 0 saturated carbocycles. The maximum Gasteiger partial charge on any atom is 0.139 e. The number of hydrogen-bond acceptors (Lipinski definition) is 2. The second-order valence-electron chi connectivity index (χ2n) is 4.21. The summed E-state index contributed by atoms with van der Waals surface area (Å²) in [5.41, 5.74) is 0. The Bertz CT molecular complexity index is 420. The molecule has 0 bridgehead atoms. The maximum atomic E-state index is 10.1. The number of hydrogen-bond donors (Lipinski definition) is 1. The molecule has 1 aliphatic heterocycles. The standard InChI is InChI=1S/C15H18BrClO2/c1-3-5-6-10-14-12(17)8-7-9-13(18)15(19-14)11(16)4-2/h1,5-7,9,12-14,18H,4,8,10H2,2H3/b6-5-,9-7-,15-11+/t12-,13-,14-/m1/s1. The van der Waals surface area contributed by atoms with Crippen LogP contribution in [0.2, 0.25) is 0 Å². The van der Waals surface area contributed by atoms with E-state index >= 15 is 0 Å². The second kappa shape index (κ2) is 8.47. The highest BCUT2D eigenvalue weighted by atomic mass is 79.9. The van der Waals surface area contributed by atoms with E-state index in [1.807, 2.05) is 19.1 Å². The summed E-state index contributed by atoms with van der Waals surface area (Å²) in [5.74, 6) is 2.97. The Morgan fingerprint density at radius 3 is 3.11 bits per heavy atom. The Kier molecular flexibility index (Phi) is 7.30. The Morgan fingerprint density at radius 1 is 1.74 bits per heavy atom. The van der Waals surface area contributed by atoms with Crippen molar-refractivity contribution in [2.75, 3.05) is 0 Å². The van der Waals surface area contributed by atoms with E-state index in [-0.39, 0.29) is 11.5 Å². The van der Waals surface area contributed by atoms with Gasteiger partial charge in [0.25, 0.3) is 0 Å². The van der Waals surface area contributed by atoms with Gasteiger partial charge in [0, 0.05) is 10.9 Å². The van der Waals surface area contributed by atoms with Crippen LogP contribution in [0.15, 0.2) is 34.5 Å². The molecule has 0 amide bonds. The summed E-state index contributed by atoms with van der Waals surface area (Å²) < 4.78 is 6.74. The summed E-state index contributed by atoms with van der Waals surface area (Å²) in [6.45, 7) is 1.99. The number of alkyl halides is 1. The van der Waals surface area contributed by atoms with Gasteiger partial charge in [-0.15, -0.1) is 18.0 Å². The molecule has 19 heavy (non-hydrogen) atoms. The Balaban J connectivity index is 2.94. The molecule has 0 saturated heterocycles. The van der Waals surface area contributed by atoms with Crippen molar-refractivity contribution in [3.63, 3.8) is 0 Å². The molecule has 1 heterocycles. The highest BCUT2D eigenvalue weighted by Gasteiger charge is 2.25. The number of terminal acetylenes is 1. The van der Waals surface area contributed by atoms with Crippen LogP contribution in [0.1, 0.15) is 26.2 Å². The molecule has 1 N–H and O–H groups in total. The fourth-order valence-corrected chi connectivity index (χ4v) is 2.33. The van der Waals surface area contributed by atoms with Gasteiger partial charge in [0.05, 0.1) is 5.38 Å². The molecule has 0 aromatic carbocycles. The topological polar surface area (TPSA) is 29.5 Å². The first-order valence-corrected chi connectivity index (χ1v) is 7.48. The van der Waals surface area contributed by atoms with Crippen molar-refractivity contribution in [2.24, 2.45) is 0 Å². The number of allylic oxidation sites excluding steroid dienone is 3. The molecule has 0 unspecified atom stereocenters. The average Bonchev–Trinajstić information content (AvgIpc) is 2.40. The Hall–Kier alpha value is -0.690. The fourth-order valence-electron chi connectivity index (χ4n) is 1.75. The first kappa shape index (κ1) is 16.4. The molecule has 1 rings (SSSR count). The number of halogens is 2. The normalized spacial score (nSPS) is 32.1. The van der Waals surface area contributed by atoms with E-state index in [2.05, 4.69) is 21.9 Å². The lowest BCUT2D eigenvalue weighted by molar-refractivity contribution is 0.0630. The van der Waals surface area contributed by atoms with Gasteiger partial charge in [0.1, 0.15) is 18.0 Å². The third kappa shape index (κ3) is 5.06. The van der Waals surface area contributed by atoms with Gasteiger partial charge in [0.15, 0.2) is 0 Å². The summed E-state index contributed by atoms with van der Waals surface area (Å²) in [6, 6.07) is 0. The third-order valence-corrected chi connectivity index (χ3v) is 4.20. The van der Waals surface area contributed by atoms with Gasteiger partial charge in [0.2, 0.25) is 0 Å². The summed E-state index contributed by atoms with van der Waals surface area (Å²) >= 11 is 9.75. The predicted molar refractivity (Wildman–Crippen MR) is 83.1 cm³/mol. The Labute approximate surface area is 128 Å². The van der Waals surface area contributed by atoms with Crippen LogP contribution in [-0.2, 0) is 4.74 Å². The van der Waals surface area contributed by atoms with Crippen LogP contribution in [0.3, 0.4) is 0 Å². The minimum Gasteiger partial charge on any atom is -0.489 e. The lowest BCUT2D eigenvalue weighted by Crippen LogP contribution is -2.28. The zero-order valence-electron chi connectivity index (χ0n) is 10.9. The van der Waals surface area contributed by atoms with Crippen molar-refractivity contribution in [1.82, 2.24) is 0 Å². The summed E-state index contributed by atoms with van der Waals surface area (Å²) in [5, 5.41) is 9.90. The van der Waals surface area contributed by atoms with Crippen molar-refractivity contribution in [3.8, 4) is 12.3 Å². The van der Waals surface area contributed by atoms with Gasteiger partial charge < -0.3 is 9.84 Å². The van der Waals surface area contributed by atoms with Crippen LogP contribution in [0.4, 0.5) is 0 Å². The van der Waals surface area contributed by atoms with Crippen LogP contribution in [0.5, 0.6) is 0 Å². The SMILES string of the molecule is C#C/C=C\C[C@H]1O/C(=C(/Br)CC)[C@H](O)/C=C\C[C@H]1Cl. The molecule has 0 fully saturated rings. The lowest BCUT2D eigenvalue weighted by Gasteiger charge is -2.28. The molecule has 0 aromatic rings. The minimum absolute atomic E-state index is 0.154. The van der Waals surface area contributed by atoms with Crippen LogP contribution in [-0.4, -0.2) is 22.7 Å².